The predicted molar refractivity (Wildman–Crippen MR) is 150 cm³/mol. The van der Waals surface area contributed by atoms with Gasteiger partial charge in [-0.15, -0.1) is 11.3 Å². The van der Waals surface area contributed by atoms with Gasteiger partial charge >= 0.3 is 11.9 Å². The third-order valence-corrected chi connectivity index (χ3v) is 8.26. The molecule has 1 aromatic carbocycles. The van der Waals surface area contributed by atoms with Crippen LogP contribution < -0.4 is 14.9 Å². The molecule has 0 aliphatic carbocycles. The van der Waals surface area contributed by atoms with E-state index in [2.05, 4.69) is 0 Å². The number of aromatic nitrogens is 1. The van der Waals surface area contributed by atoms with Gasteiger partial charge in [0.15, 0.2) is 4.80 Å². The highest BCUT2D eigenvalue weighted by Crippen LogP contribution is 2.34. The third kappa shape index (κ3) is 5.05. The van der Waals surface area contributed by atoms with Crippen LogP contribution in [0.3, 0.4) is 0 Å². The van der Waals surface area contributed by atoms with Crippen LogP contribution in [-0.2, 0) is 9.53 Å². The third-order valence-electron chi connectivity index (χ3n) is 6.35. The molecule has 0 bridgehead atoms. The van der Waals surface area contributed by atoms with Crippen LogP contribution in [0.4, 0.5) is 0 Å². The standard InChI is InChI=1S/C29H26N2O6S2/c1-4-7-20-24(28(35)36-5-2)25(22-8-6-13-38-22)31-26(32)23(39-29(31)30-20)15-18-11-12-21(37-18)19-14-17(27(33)34)10-9-16(19)3/h6,8-15,25H,4-5,7H2,1-3H3,(H,33,34)/b23-15-/t25-/m0/s1. The van der Waals surface area contributed by atoms with Crippen molar-refractivity contribution in [2.45, 2.75) is 39.7 Å². The van der Waals surface area contributed by atoms with Gasteiger partial charge in [0.2, 0.25) is 0 Å². The fourth-order valence-electron chi connectivity index (χ4n) is 4.56. The number of carboxylic acids is 1. The van der Waals surface area contributed by atoms with Crippen LogP contribution in [0.5, 0.6) is 0 Å². The van der Waals surface area contributed by atoms with E-state index in [1.165, 1.54) is 22.7 Å². The minimum absolute atomic E-state index is 0.163. The first kappa shape index (κ1) is 26.6. The van der Waals surface area contributed by atoms with Gasteiger partial charge in [-0.25, -0.2) is 14.6 Å². The normalized spacial score (nSPS) is 15.3. The molecule has 4 heterocycles. The Morgan fingerprint density at radius 2 is 2.03 bits per heavy atom. The first-order valence-electron chi connectivity index (χ1n) is 12.5. The van der Waals surface area contributed by atoms with Crippen molar-refractivity contribution in [3.05, 3.63) is 101 Å². The predicted octanol–water partition coefficient (Wildman–Crippen LogP) is 4.91. The molecule has 0 saturated heterocycles. The number of fused-ring (bicyclic) bond motifs is 1. The Bertz CT molecular complexity index is 1770. The van der Waals surface area contributed by atoms with Crippen LogP contribution in [0.1, 0.15) is 59.3 Å². The first-order chi connectivity index (χ1) is 18.8. The first-order valence-corrected chi connectivity index (χ1v) is 14.2. The molecule has 3 aromatic heterocycles. The maximum Gasteiger partial charge on any atom is 0.338 e. The second kappa shape index (κ2) is 11.0. The second-order valence-electron chi connectivity index (χ2n) is 8.97. The maximum atomic E-state index is 13.8. The molecule has 1 N–H and O–H groups in total. The highest BCUT2D eigenvalue weighted by atomic mass is 32.1. The number of thiophene rings is 1. The molecule has 10 heteroatoms. The quantitative estimate of drug-likeness (QED) is 0.306. The molecule has 39 heavy (non-hydrogen) atoms. The summed E-state index contributed by atoms with van der Waals surface area (Å²) in [5.41, 5.74) is 2.45. The molecule has 0 fully saturated rings. The molecular weight excluding hydrogens is 536 g/mol. The van der Waals surface area contributed by atoms with Crippen LogP contribution in [0.25, 0.3) is 17.4 Å². The Kier molecular flexibility index (Phi) is 7.49. The van der Waals surface area contributed by atoms with Crippen molar-refractivity contribution < 1.29 is 23.8 Å². The smallest absolute Gasteiger partial charge is 0.338 e. The Morgan fingerprint density at radius 3 is 2.72 bits per heavy atom. The summed E-state index contributed by atoms with van der Waals surface area (Å²) in [5.74, 6) is -0.538. The lowest BCUT2D eigenvalue weighted by Crippen LogP contribution is -2.39. The van der Waals surface area contributed by atoms with Gasteiger partial charge in [0, 0.05) is 16.5 Å². The van der Waals surface area contributed by atoms with Crippen LogP contribution in [0.15, 0.2) is 73.3 Å². The number of benzene rings is 1. The lowest BCUT2D eigenvalue weighted by molar-refractivity contribution is -0.139. The summed E-state index contributed by atoms with van der Waals surface area (Å²) < 4.78 is 13.4. The average molecular weight is 563 g/mol. The van der Waals surface area contributed by atoms with E-state index in [0.29, 0.717) is 44.1 Å². The molecule has 4 aromatic rings. The van der Waals surface area contributed by atoms with E-state index < -0.39 is 18.0 Å². The fourth-order valence-corrected chi connectivity index (χ4v) is 6.39. The topological polar surface area (TPSA) is 111 Å². The van der Waals surface area contributed by atoms with Crippen LogP contribution in [-0.4, -0.2) is 28.2 Å². The Morgan fingerprint density at radius 1 is 1.21 bits per heavy atom. The van der Waals surface area contributed by atoms with E-state index in [9.17, 15) is 19.5 Å². The average Bonchev–Trinajstić information content (AvgIpc) is 3.66. The minimum Gasteiger partial charge on any atom is -0.478 e. The molecule has 0 unspecified atom stereocenters. The number of carbonyl (C=O) groups is 2. The molecule has 0 saturated carbocycles. The summed E-state index contributed by atoms with van der Waals surface area (Å²) in [6.07, 6.45) is 3.02. The summed E-state index contributed by atoms with van der Waals surface area (Å²) in [7, 11) is 0. The number of furan rings is 1. The molecule has 1 aliphatic rings. The van der Waals surface area contributed by atoms with Crippen molar-refractivity contribution in [3.8, 4) is 11.3 Å². The zero-order valence-electron chi connectivity index (χ0n) is 21.6. The maximum absolute atomic E-state index is 13.8. The van der Waals surface area contributed by atoms with Crippen LogP contribution in [0, 0.1) is 6.92 Å². The van der Waals surface area contributed by atoms with Crippen LogP contribution in [0.2, 0.25) is 0 Å². The number of allylic oxidation sites excluding steroid dienone is 1. The van der Waals surface area contributed by atoms with Crippen molar-refractivity contribution in [2.75, 3.05) is 6.61 Å². The van der Waals surface area contributed by atoms with Crippen LogP contribution >= 0.6 is 22.7 Å². The molecule has 0 amide bonds. The van der Waals surface area contributed by atoms with Gasteiger partial charge in [-0.3, -0.25) is 9.36 Å². The highest BCUT2D eigenvalue weighted by molar-refractivity contribution is 7.10. The number of esters is 1. The largest absolute Gasteiger partial charge is 0.478 e. The molecule has 8 nitrogen and oxygen atoms in total. The van der Waals surface area contributed by atoms with Gasteiger partial charge in [0.25, 0.3) is 5.56 Å². The molecule has 1 atom stereocenters. The Labute approximate surface area is 231 Å². The van der Waals surface area contributed by atoms with Gasteiger partial charge < -0.3 is 14.3 Å². The lowest BCUT2D eigenvalue weighted by atomic mass is 9.99. The van der Waals surface area contributed by atoms with Crippen molar-refractivity contribution in [2.24, 2.45) is 4.99 Å². The van der Waals surface area contributed by atoms with Crippen molar-refractivity contribution >= 4 is 40.7 Å². The highest BCUT2D eigenvalue weighted by Gasteiger charge is 2.34. The number of aryl methyl sites for hydroxylation is 1. The monoisotopic (exact) mass is 562 g/mol. The SMILES string of the molecule is CCCC1=C(C(=O)OCC)[C@H](c2cccs2)n2c(s/c(=C\c3ccc(-c4cc(C(=O)O)ccc4C)o3)c2=O)=N1. The number of hydrogen-bond donors (Lipinski definition) is 1. The lowest BCUT2D eigenvalue weighted by Gasteiger charge is -2.24. The molecule has 0 radical (unpaired) electrons. The zero-order valence-corrected chi connectivity index (χ0v) is 23.2. The van der Waals surface area contributed by atoms with Gasteiger partial charge in [-0.2, -0.15) is 0 Å². The van der Waals surface area contributed by atoms with Crippen molar-refractivity contribution in [1.29, 1.82) is 0 Å². The van der Waals surface area contributed by atoms with Crippen molar-refractivity contribution in [1.82, 2.24) is 4.57 Å². The van der Waals surface area contributed by atoms with E-state index in [-0.39, 0.29) is 17.7 Å². The summed E-state index contributed by atoms with van der Waals surface area (Å²) in [5, 5.41) is 11.3. The molecular formula is C29H26N2O6S2. The summed E-state index contributed by atoms with van der Waals surface area (Å²) >= 11 is 2.71. The van der Waals surface area contributed by atoms with Gasteiger partial charge in [0.1, 0.15) is 17.6 Å². The van der Waals surface area contributed by atoms with E-state index in [1.807, 2.05) is 31.4 Å². The van der Waals surface area contributed by atoms with E-state index >= 15 is 0 Å². The fraction of sp³-hybridized carbons (Fsp3) is 0.241. The Balaban J connectivity index is 1.63. The molecule has 5 rings (SSSR count). The number of aromatic carboxylic acids is 1. The van der Waals surface area contributed by atoms with Gasteiger partial charge in [0.05, 0.1) is 28.0 Å². The zero-order chi connectivity index (χ0) is 27.7. The van der Waals surface area contributed by atoms with Gasteiger partial charge in [-0.05, 0) is 61.5 Å². The summed E-state index contributed by atoms with van der Waals surface area (Å²) in [6.45, 7) is 5.87. The number of carbonyl (C=O) groups excluding carboxylic acids is 1. The molecule has 1 aliphatic heterocycles. The number of ether oxygens (including phenoxy) is 1. The number of hydrogen-bond acceptors (Lipinski definition) is 8. The van der Waals surface area contributed by atoms with E-state index in [1.54, 1.807) is 47.9 Å². The van der Waals surface area contributed by atoms with Crippen molar-refractivity contribution in [3.63, 3.8) is 0 Å². The Hall–Kier alpha value is -4.02. The second-order valence-corrected chi connectivity index (χ2v) is 11.0. The number of carboxylic acid groups (broad SMARTS) is 1. The summed E-state index contributed by atoms with van der Waals surface area (Å²) in [4.78, 5) is 44.5. The molecule has 0 spiro atoms. The van der Waals surface area contributed by atoms with E-state index in [0.717, 1.165) is 16.9 Å². The minimum atomic E-state index is -1.02. The summed E-state index contributed by atoms with van der Waals surface area (Å²) in [6, 6.07) is 11.5. The number of nitrogens with zero attached hydrogens (tertiary/aromatic N) is 2. The van der Waals surface area contributed by atoms with Gasteiger partial charge in [-0.1, -0.05) is 36.8 Å². The number of thiazole rings is 1. The van der Waals surface area contributed by atoms with E-state index in [4.69, 9.17) is 14.1 Å². The number of rotatable bonds is 8. The molecule has 200 valence electrons.